The van der Waals surface area contributed by atoms with Crippen LogP contribution in [0.1, 0.15) is 59.0 Å². The van der Waals surface area contributed by atoms with Crippen molar-refractivity contribution in [3.63, 3.8) is 0 Å². The van der Waals surface area contributed by atoms with Crippen LogP contribution in [0.2, 0.25) is 0 Å². The van der Waals surface area contributed by atoms with Gasteiger partial charge in [0.15, 0.2) is 6.61 Å². The highest BCUT2D eigenvalue weighted by atomic mass is 79.9. The molecule has 28 heavy (non-hydrogen) atoms. The van der Waals surface area contributed by atoms with Crippen molar-refractivity contribution in [1.82, 2.24) is 0 Å². The molecular formula is C21H24BrNO4S. The average molecular weight is 466 g/mol. The molecule has 1 N–H and O–H groups in total. The second-order valence-electron chi connectivity index (χ2n) is 7.08. The van der Waals surface area contributed by atoms with Crippen molar-refractivity contribution >= 4 is 44.1 Å². The Kier molecular flexibility index (Phi) is 6.78. The smallest absolute Gasteiger partial charge is 0.341 e. The molecular weight excluding hydrogens is 442 g/mol. The molecule has 0 saturated heterocycles. The molecule has 1 aromatic heterocycles. The van der Waals surface area contributed by atoms with Crippen LogP contribution in [-0.4, -0.2) is 25.6 Å². The van der Waals surface area contributed by atoms with E-state index in [-0.39, 0.29) is 18.4 Å². The fourth-order valence-corrected chi connectivity index (χ4v) is 5.05. The third kappa shape index (κ3) is 4.58. The molecule has 5 nitrogen and oxygen atoms in total. The van der Waals surface area contributed by atoms with Crippen molar-refractivity contribution in [2.24, 2.45) is 0 Å². The van der Waals surface area contributed by atoms with Crippen LogP contribution in [0.5, 0.6) is 5.75 Å². The molecule has 0 radical (unpaired) electrons. The first-order valence-electron chi connectivity index (χ1n) is 9.35. The number of aryl methyl sites for hydroxylation is 1. The maximum Gasteiger partial charge on any atom is 0.341 e. The van der Waals surface area contributed by atoms with E-state index in [1.165, 1.54) is 18.4 Å². The Morgan fingerprint density at radius 3 is 2.71 bits per heavy atom. The van der Waals surface area contributed by atoms with Crippen LogP contribution in [0.3, 0.4) is 0 Å². The molecule has 1 aromatic carbocycles. The second-order valence-corrected chi connectivity index (χ2v) is 9.10. The van der Waals surface area contributed by atoms with Gasteiger partial charge in [-0.05, 0) is 60.9 Å². The summed E-state index contributed by atoms with van der Waals surface area (Å²) < 4.78 is 11.7. The SMILES string of the molecule is COC(=O)c1c(NC(=O)COc2ccc(Br)cc2C(C)C)sc2c1CCCC2. The van der Waals surface area contributed by atoms with Crippen LogP contribution in [0.4, 0.5) is 5.00 Å². The fourth-order valence-electron chi connectivity index (χ4n) is 3.38. The third-order valence-electron chi connectivity index (χ3n) is 4.77. The summed E-state index contributed by atoms with van der Waals surface area (Å²) in [4.78, 5) is 26.0. The highest BCUT2D eigenvalue weighted by molar-refractivity contribution is 9.10. The number of ether oxygens (including phenoxy) is 2. The summed E-state index contributed by atoms with van der Waals surface area (Å²) >= 11 is 4.94. The first kappa shape index (κ1) is 20.9. The van der Waals surface area contributed by atoms with Gasteiger partial charge in [0.2, 0.25) is 0 Å². The van der Waals surface area contributed by atoms with Crippen molar-refractivity contribution < 1.29 is 19.1 Å². The third-order valence-corrected chi connectivity index (χ3v) is 6.47. The molecule has 3 rings (SSSR count). The summed E-state index contributed by atoms with van der Waals surface area (Å²) in [5.74, 6) is 0.268. The first-order chi connectivity index (χ1) is 13.4. The topological polar surface area (TPSA) is 64.6 Å². The average Bonchev–Trinajstić information content (AvgIpc) is 3.03. The number of anilines is 1. The molecule has 0 fully saturated rings. The number of hydrogen-bond donors (Lipinski definition) is 1. The quantitative estimate of drug-likeness (QED) is 0.586. The Morgan fingerprint density at radius 1 is 1.25 bits per heavy atom. The number of esters is 1. The van der Waals surface area contributed by atoms with Crippen LogP contribution in [0.25, 0.3) is 0 Å². The minimum absolute atomic E-state index is 0.121. The highest BCUT2D eigenvalue weighted by Gasteiger charge is 2.27. The summed E-state index contributed by atoms with van der Waals surface area (Å²) in [5, 5.41) is 3.42. The molecule has 1 heterocycles. The molecule has 1 aliphatic carbocycles. The summed E-state index contributed by atoms with van der Waals surface area (Å²) in [6.07, 6.45) is 3.93. The number of benzene rings is 1. The predicted octanol–water partition coefficient (Wildman–Crippen LogP) is 5.32. The Labute approximate surface area is 177 Å². The van der Waals surface area contributed by atoms with E-state index in [4.69, 9.17) is 9.47 Å². The Hall–Kier alpha value is -1.86. The zero-order valence-electron chi connectivity index (χ0n) is 16.3. The van der Waals surface area contributed by atoms with Crippen LogP contribution < -0.4 is 10.1 Å². The highest BCUT2D eigenvalue weighted by Crippen LogP contribution is 2.38. The van der Waals surface area contributed by atoms with Gasteiger partial charge >= 0.3 is 5.97 Å². The monoisotopic (exact) mass is 465 g/mol. The second kappa shape index (κ2) is 9.09. The largest absolute Gasteiger partial charge is 0.483 e. The summed E-state index contributed by atoms with van der Waals surface area (Å²) in [5.41, 5.74) is 2.56. The number of methoxy groups -OCH3 is 1. The zero-order chi connectivity index (χ0) is 20.3. The molecule has 1 amide bonds. The van der Waals surface area contributed by atoms with E-state index < -0.39 is 5.97 Å². The molecule has 0 saturated carbocycles. The number of amides is 1. The molecule has 1 aliphatic rings. The summed E-state index contributed by atoms with van der Waals surface area (Å²) in [6, 6.07) is 5.75. The standard InChI is InChI=1S/C21H24BrNO4S/c1-12(2)15-10-13(22)8-9-16(15)27-11-18(24)23-20-19(21(25)26-3)14-6-4-5-7-17(14)28-20/h8-10,12H,4-7,11H2,1-3H3,(H,23,24). The van der Waals surface area contributed by atoms with Gasteiger partial charge in [-0.25, -0.2) is 4.79 Å². The van der Waals surface area contributed by atoms with Crippen molar-refractivity contribution in [2.75, 3.05) is 19.0 Å². The van der Waals surface area contributed by atoms with E-state index in [9.17, 15) is 9.59 Å². The maximum absolute atomic E-state index is 12.5. The number of fused-ring (bicyclic) bond motifs is 1. The van der Waals surface area contributed by atoms with E-state index >= 15 is 0 Å². The Morgan fingerprint density at radius 2 is 2.00 bits per heavy atom. The summed E-state index contributed by atoms with van der Waals surface area (Å²) in [7, 11) is 1.37. The van der Waals surface area contributed by atoms with Crippen molar-refractivity contribution in [1.29, 1.82) is 0 Å². The molecule has 2 aromatic rings. The van der Waals surface area contributed by atoms with Crippen LogP contribution in [0.15, 0.2) is 22.7 Å². The number of hydrogen-bond acceptors (Lipinski definition) is 5. The van der Waals surface area contributed by atoms with Gasteiger partial charge in [0.05, 0.1) is 12.7 Å². The van der Waals surface area contributed by atoms with Crippen molar-refractivity contribution in [3.8, 4) is 5.75 Å². The Bertz CT molecular complexity index is 891. The van der Waals surface area contributed by atoms with E-state index in [1.807, 2.05) is 18.2 Å². The lowest BCUT2D eigenvalue weighted by Gasteiger charge is -2.14. The van der Waals surface area contributed by atoms with E-state index in [1.54, 1.807) is 0 Å². The maximum atomic E-state index is 12.5. The van der Waals surface area contributed by atoms with E-state index in [2.05, 4.69) is 35.1 Å². The zero-order valence-corrected chi connectivity index (χ0v) is 18.7. The van der Waals surface area contributed by atoms with Gasteiger partial charge in [-0.2, -0.15) is 0 Å². The number of nitrogens with one attached hydrogen (secondary N) is 1. The lowest BCUT2D eigenvalue weighted by molar-refractivity contribution is -0.118. The molecule has 150 valence electrons. The normalized spacial score (nSPS) is 13.2. The number of carbonyl (C=O) groups is 2. The van der Waals surface area contributed by atoms with Gasteiger partial charge in [0.1, 0.15) is 10.8 Å². The molecule has 0 aliphatic heterocycles. The predicted molar refractivity (Wildman–Crippen MR) is 115 cm³/mol. The van der Waals surface area contributed by atoms with Crippen LogP contribution in [-0.2, 0) is 22.4 Å². The van der Waals surface area contributed by atoms with Crippen molar-refractivity contribution in [3.05, 3.63) is 44.2 Å². The molecule has 0 spiro atoms. The molecule has 0 unspecified atom stereocenters. The molecule has 7 heteroatoms. The van der Waals surface area contributed by atoms with Gasteiger partial charge in [-0.1, -0.05) is 29.8 Å². The number of thiophene rings is 1. The van der Waals surface area contributed by atoms with E-state index in [0.29, 0.717) is 16.3 Å². The van der Waals surface area contributed by atoms with Gasteiger partial charge in [0, 0.05) is 9.35 Å². The van der Waals surface area contributed by atoms with Gasteiger partial charge in [-0.15, -0.1) is 11.3 Å². The van der Waals surface area contributed by atoms with E-state index in [0.717, 1.165) is 46.2 Å². The van der Waals surface area contributed by atoms with Crippen LogP contribution in [0, 0.1) is 0 Å². The Balaban J connectivity index is 1.74. The molecule has 0 atom stereocenters. The fraction of sp³-hybridized carbons (Fsp3) is 0.429. The lowest BCUT2D eigenvalue weighted by atomic mass is 9.95. The minimum atomic E-state index is -0.398. The number of rotatable bonds is 6. The molecule has 0 bridgehead atoms. The number of halogens is 1. The first-order valence-corrected chi connectivity index (χ1v) is 11.0. The van der Waals surface area contributed by atoms with Gasteiger partial charge < -0.3 is 14.8 Å². The van der Waals surface area contributed by atoms with Gasteiger partial charge in [-0.3, -0.25) is 4.79 Å². The van der Waals surface area contributed by atoms with Crippen LogP contribution >= 0.6 is 27.3 Å². The lowest BCUT2D eigenvalue weighted by Crippen LogP contribution is -2.21. The minimum Gasteiger partial charge on any atom is -0.483 e. The van der Waals surface area contributed by atoms with Gasteiger partial charge in [0.25, 0.3) is 5.91 Å². The van der Waals surface area contributed by atoms with Crippen molar-refractivity contribution in [2.45, 2.75) is 45.4 Å². The number of carbonyl (C=O) groups excluding carboxylic acids is 2. The summed E-state index contributed by atoms with van der Waals surface area (Å²) in [6.45, 7) is 4.03.